The highest BCUT2D eigenvalue weighted by Gasteiger charge is 2.24. The number of nitrogens with zero attached hydrogens (tertiary/aromatic N) is 1. The minimum atomic E-state index is -0.827. The lowest BCUT2D eigenvalue weighted by Gasteiger charge is -2.25. The molecule has 0 fully saturated rings. The number of aliphatic carboxylic acids is 1. The Morgan fingerprint density at radius 1 is 1.10 bits per heavy atom. The van der Waals surface area contributed by atoms with E-state index < -0.39 is 12.0 Å². The van der Waals surface area contributed by atoms with Gasteiger partial charge in [-0.15, -0.1) is 0 Å². The summed E-state index contributed by atoms with van der Waals surface area (Å²) in [6.45, 7) is 2.60. The molecule has 2 rings (SSSR count). The molecule has 3 heteroatoms. The Morgan fingerprint density at radius 2 is 1.70 bits per heavy atom. The number of rotatable bonds is 5. The summed E-state index contributed by atoms with van der Waals surface area (Å²) in [5, 5.41) is 9.50. The van der Waals surface area contributed by atoms with Crippen molar-refractivity contribution in [2.75, 3.05) is 7.05 Å². The van der Waals surface area contributed by atoms with Crippen molar-refractivity contribution in [3.63, 3.8) is 0 Å². The number of hydrogen-bond donors (Lipinski definition) is 1. The van der Waals surface area contributed by atoms with Crippen LogP contribution >= 0.6 is 0 Å². The minimum Gasteiger partial charge on any atom is -0.480 e. The molecule has 104 valence electrons. The van der Waals surface area contributed by atoms with E-state index in [0.717, 1.165) is 16.7 Å². The Balaban J connectivity index is 2.20. The van der Waals surface area contributed by atoms with Gasteiger partial charge < -0.3 is 5.11 Å². The van der Waals surface area contributed by atoms with Crippen molar-refractivity contribution in [2.45, 2.75) is 19.5 Å². The highest BCUT2D eigenvalue weighted by atomic mass is 16.4. The normalized spacial score (nSPS) is 12.3. The summed E-state index contributed by atoms with van der Waals surface area (Å²) < 4.78 is 0. The molecule has 2 aromatic rings. The van der Waals surface area contributed by atoms with E-state index in [4.69, 9.17) is 0 Å². The van der Waals surface area contributed by atoms with Crippen LogP contribution in [0.5, 0.6) is 0 Å². The summed E-state index contributed by atoms with van der Waals surface area (Å²) >= 11 is 0. The SMILES string of the molecule is Cc1ccc([C@H](C(=O)O)N(C)Cc2ccccc2)cc1. The van der Waals surface area contributed by atoms with Gasteiger partial charge in [-0.05, 0) is 25.1 Å². The maximum Gasteiger partial charge on any atom is 0.325 e. The van der Waals surface area contributed by atoms with Crippen LogP contribution in [-0.2, 0) is 11.3 Å². The first-order chi connectivity index (χ1) is 9.58. The zero-order valence-corrected chi connectivity index (χ0v) is 11.8. The Labute approximate surface area is 119 Å². The van der Waals surface area contributed by atoms with E-state index >= 15 is 0 Å². The lowest BCUT2D eigenvalue weighted by Crippen LogP contribution is -2.30. The lowest BCUT2D eigenvalue weighted by atomic mass is 10.0. The maximum absolute atomic E-state index is 11.6. The Morgan fingerprint density at radius 3 is 2.25 bits per heavy atom. The summed E-state index contributed by atoms with van der Waals surface area (Å²) in [4.78, 5) is 13.4. The van der Waals surface area contributed by atoms with Crippen LogP contribution in [0.2, 0.25) is 0 Å². The van der Waals surface area contributed by atoms with E-state index in [1.807, 2.05) is 73.5 Å². The molecule has 0 aliphatic rings. The first kappa shape index (κ1) is 14.3. The van der Waals surface area contributed by atoms with Crippen LogP contribution in [0.4, 0.5) is 0 Å². The van der Waals surface area contributed by atoms with Crippen LogP contribution in [0, 0.1) is 6.92 Å². The topological polar surface area (TPSA) is 40.5 Å². The zero-order chi connectivity index (χ0) is 14.5. The molecule has 1 N–H and O–H groups in total. The van der Waals surface area contributed by atoms with E-state index in [2.05, 4.69) is 0 Å². The van der Waals surface area contributed by atoms with E-state index in [9.17, 15) is 9.90 Å². The van der Waals surface area contributed by atoms with Crippen molar-refractivity contribution in [3.05, 3.63) is 71.3 Å². The Kier molecular flexibility index (Phi) is 4.53. The molecule has 0 unspecified atom stereocenters. The molecule has 0 spiro atoms. The Hall–Kier alpha value is -2.13. The number of hydrogen-bond acceptors (Lipinski definition) is 2. The van der Waals surface area contributed by atoms with E-state index in [1.54, 1.807) is 0 Å². The average Bonchev–Trinajstić information content (AvgIpc) is 2.42. The zero-order valence-electron chi connectivity index (χ0n) is 11.8. The van der Waals surface area contributed by atoms with Gasteiger partial charge in [0, 0.05) is 6.54 Å². The van der Waals surface area contributed by atoms with Gasteiger partial charge in [-0.2, -0.15) is 0 Å². The molecule has 1 atom stereocenters. The van der Waals surface area contributed by atoms with E-state index in [1.165, 1.54) is 0 Å². The molecule has 0 heterocycles. The van der Waals surface area contributed by atoms with Crippen molar-refractivity contribution < 1.29 is 9.90 Å². The highest BCUT2D eigenvalue weighted by Crippen LogP contribution is 2.22. The number of likely N-dealkylation sites (N-methyl/N-ethyl adjacent to an activating group) is 1. The van der Waals surface area contributed by atoms with Crippen LogP contribution in [0.15, 0.2) is 54.6 Å². The van der Waals surface area contributed by atoms with Crippen molar-refractivity contribution in [1.82, 2.24) is 4.90 Å². The summed E-state index contributed by atoms with van der Waals surface area (Å²) in [5.74, 6) is -0.827. The summed E-state index contributed by atoms with van der Waals surface area (Å²) in [6.07, 6.45) is 0. The van der Waals surface area contributed by atoms with Crippen LogP contribution in [0.3, 0.4) is 0 Å². The van der Waals surface area contributed by atoms with Gasteiger partial charge >= 0.3 is 5.97 Å². The molecular formula is C17H19NO2. The van der Waals surface area contributed by atoms with Crippen molar-refractivity contribution >= 4 is 5.97 Å². The second kappa shape index (κ2) is 6.35. The second-order valence-electron chi connectivity index (χ2n) is 5.05. The smallest absolute Gasteiger partial charge is 0.325 e. The number of carboxylic acids is 1. The molecule has 0 saturated heterocycles. The summed E-state index contributed by atoms with van der Waals surface area (Å²) in [5.41, 5.74) is 3.04. The van der Waals surface area contributed by atoms with Crippen LogP contribution in [0.25, 0.3) is 0 Å². The second-order valence-corrected chi connectivity index (χ2v) is 5.05. The van der Waals surface area contributed by atoms with E-state index in [-0.39, 0.29) is 0 Å². The van der Waals surface area contributed by atoms with Gasteiger partial charge in [0.05, 0.1) is 0 Å². The van der Waals surface area contributed by atoms with Crippen LogP contribution in [0.1, 0.15) is 22.7 Å². The van der Waals surface area contributed by atoms with Crippen LogP contribution in [-0.4, -0.2) is 23.0 Å². The molecule has 0 aliphatic carbocycles. The van der Waals surface area contributed by atoms with Crippen LogP contribution < -0.4 is 0 Å². The number of carboxylic acid groups (broad SMARTS) is 1. The maximum atomic E-state index is 11.6. The average molecular weight is 269 g/mol. The van der Waals surface area contributed by atoms with E-state index in [0.29, 0.717) is 6.54 Å². The van der Waals surface area contributed by atoms with Crippen molar-refractivity contribution in [3.8, 4) is 0 Å². The van der Waals surface area contributed by atoms with Gasteiger partial charge in [0.1, 0.15) is 6.04 Å². The molecule has 2 aromatic carbocycles. The summed E-state index contributed by atoms with van der Waals surface area (Å²) in [6, 6.07) is 16.9. The molecule has 0 bridgehead atoms. The van der Waals surface area contributed by atoms with Crippen molar-refractivity contribution in [1.29, 1.82) is 0 Å². The quantitative estimate of drug-likeness (QED) is 0.905. The van der Waals surface area contributed by atoms with Gasteiger partial charge in [0.2, 0.25) is 0 Å². The number of carbonyl (C=O) groups is 1. The van der Waals surface area contributed by atoms with Crippen molar-refractivity contribution in [2.24, 2.45) is 0 Å². The number of aryl methyl sites for hydroxylation is 1. The fourth-order valence-electron chi connectivity index (χ4n) is 2.30. The third-order valence-corrected chi connectivity index (χ3v) is 3.34. The largest absolute Gasteiger partial charge is 0.480 e. The molecule has 3 nitrogen and oxygen atoms in total. The summed E-state index contributed by atoms with van der Waals surface area (Å²) in [7, 11) is 1.84. The van der Waals surface area contributed by atoms with Gasteiger partial charge in [-0.1, -0.05) is 60.2 Å². The third kappa shape index (κ3) is 3.45. The fourth-order valence-corrected chi connectivity index (χ4v) is 2.30. The molecule has 0 aliphatic heterocycles. The predicted molar refractivity (Wildman–Crippen MR) is 79.5 cm³/mol. The molecule has 0 aromatic heterocycles. The first-order valence-electron chi connectivity index (χ1n) is 6.61. The number of benzene rings is 2. The molecule has 20 heavy (non-hydrogen) atoms. The Bertz CT molecular complexity index is 563. The lowest BCUT2D eigenvalue weighted by molar-refractivity contribution is -0.143. The monoisotopic (exact) mass is 269 g/mol. The van der Waals surface area contributed by atoms with Gasteiger partial charge in [0.25, 0.3) is 0 Å². The minimum absolute atomic E-state index is 0.603. The van der Waals surface area contributed by atoms with Gasteiger partial charge in [-0.25, -0.2) is 0 Å². The predicted octanol–water partition coefficient (Wildman–Crippen LogP) is 3.25. The third-order valence-electron chi connectivity index (χ3n) is 3.34. The van der Waals surface area contributed by atoms with Gasteiger partial charge in [-0.3, -0.25) is 9.69 Å². The fraction of sp³-hybridized carbons (Fsp3) is 0.235. The molecular weight excluding hydrogens is 250 g/mol. The molecule has 0 radical (unpaired) electrons. The molecule has 0 saturated carbocycles. The van der Waals surface area contributed by atoms with Gasteiger partial charge in [0.15, 0.2) is 0 Å². The molecule has 0 amide bonds. The highest BCUT2D eigenvalue weighted by molar-refractivity contribution is 5.75. The first-order valence-corrected chi connectivity index (χ1v) is 6.61. The standard InChI is InChI=1S/C17H19NO2/c1-13-8-10-15(11-9-13)16(17(19)20)18(2)12-14-6-4-3-5-7-14/h3-11,16H,12H2,1-2H3,(H,19,20)/t16-/m1/s1.